The molecule has 2 fully saturated rings. The Hall–Kier alpha value is -0.650. The van der Waals surface area contributed by atoms with E-state index < -0.39 is 11.1 Å². The number of aliphatic hydroxyl groups is 1. The van der Waals surface area contributed by atoms with Crippen LogP contribution in [-0.4, -0.2) is 41.9 Å². The number of aliphatic hydroxyl groups excluding tert-OH is 1. The van der Waals surface area contributed by atoms with E-state index in [1.807, 2.05) is 0 Å². The highest BCUT2D eigenvalue weighted by Crippen LogP contribution is 2.32. The third-order valence-electron chi connectivity index (χ3n) is 4.75. The van der Waals surface area contributed by atoms with Gasteiger partial charge in [0, 0.05) is 13.2 Å². The predicted molar refractivity (Wildman–Crippen MR) is 72.6 cm³/mol. The van der Waals surface area contributed by atoms with Crippen LogP contribution >= 0.6 is 0 Å². The lowest BCUT2D eigenvalue weighted by Gasteiger charge is -2.42. The maximum Gasteiger partial charge on any atom is 0.240 e. The number of hydrogen-bond acceptors (Lipinski definition) is 4. The first-order valence-electron chi connectivity index (χ1n) is 7.30. The summed E-state index contributed by atoms with van der Waals surface area (Å²) < 4.78 is 5.26. The van der Waals surface area contributed by atoms with Crippen molar-refractivity contribution < 1.29 is 14.6 Å². The summed E-state index contributed by atoms with van der Waals surface area (Å²) in [5.74, 6) is 0.547. The number of nitrogens with one attached hydrogen (secondary N) is 1. The van der Waals surface area contributed by atoms with Crippen LogP contribution in [0.25, 0.3) is 0 Å². The van der Waals surface area contributed by atoms with Gasteiger partial charge in [-0.3, -0.25) is 4.79 Å². The fourth-order valence-corrected chi connectivity index (χ4v) is 2.97. The van der Waals surface area contributed by atoms with Gasteiger partial charge < -0.3 is 20.9 Å². The van der Waals surface area contributed by atoms with Gasteiger partial charge in [0.2, 0.25) is 5.91 Å². The Bertz CT molecular complexity index is 319. The molecule has 1 amide bonds. The van der Waals surface area contributed by atoms with Crippen molar-refractivity contribution in [3.63, 3.8) is 0 Å². The Morgan fingerprint density at radius 3 is 2.42 bits per heavy atom. The van der Waals surface area contributed by atoms with Crippen LogP contribution < -0.4 is 11.1 Å². The highest BCUT2D eigenvalue weighted by molar-refractivity contribution is 5.86. The van der Waals surface area contributed by atoms with Crippen LogP contribution in [0.2, 0.25) is 0 Å². The van der Waals surface area contributed by atoms with Gasteiger partial charge in [0.25, 0.3) is 0 Å². The van der Waals surface area contributed by atoms with E-state index in [4.69, 9.17) is 10.5 Å². The summed E-state index contributed by atoms with van der Waals surface area (Å²) in [4.78, 5) is 12.4. The van der Waals surface area contributed by atoms with Crippen LogP contribution in [0.15, 0.2) is 0 Å². The Kier molecular flexibility index (Phi) is 4.48. The first kappa shape index (κ1) is 14.8. The molecule has 0 aromatic heterocycles. The van der Waals surface area contributed by atoms with Crippen molar-refractivity contribution in [3.8, 4) is 0 Å². The van der Waals surface area contributed by atoms with Gasteiger partial charge in [-0.15, -0.1) is 0 Å². The maximum atomic E-state index is 12.4. The van der Waals surface area contributed by atoms with Crippen LogP contribution in [-0.2, 0) is 9.53 Å². The minimum atomic E-state index is -0.830. The third-order valence-corrected chi connectivity index (χ3v) is 4.75. The molecule has 2 rings (SSSR count). The zero-order chi connectivity index (χ0) is 13.9. The summed E-state index contributed by atoms with van der Waals surface area (Å²) >= 11 is 0. The number of hydrogen-bond donors (Lipinski definition) is 3. The highest BCUT2D eigenvalue weighted by Gasteiger charge is 2.42. The monoisotopic (exact) mass is 270 g/mol. The molecule has 1 saturated heterocycles. The van der Waals surface area contributed by atoms with Gasteiger partial charge in [-0.25, -0.2) is 0 Å². The first-order valence-corrected chi connectivity index (χ1v) is 7.30. The Balaban J connectivity index is 1.99. The van der Waals surface area contributed by atoms with E-state index >= 15 is 0 Å². The molecule has 1 saturated carbocycles. The topological polar surface area (TPSA) is 84.6 Å². The number of carbonyl (C=O) groups is 1. The van der Waals surface area contributed by atoms with E-state index in [0.29, 0.717) is 32.0 Å². The van der Waals surface area contributed by atoms with Gasteiger partial charge in [0.15, 0.2) is 0 Å². The molecule has 0 radical (unpaired) electrons. The number of ether oxygens (including phenoxy) is 1. The van der Waals surface area contributed by atoms with Crippen molar-refractivity contribution in [2.45, 2.75) is 56.5 Å². The van der Waals surface area contributed by atoms with Crippen molar-refractivity contribution in [1.29, 1.82) is 0 Å². The summed E-state index contributed by atoms with van der Waals surface area (Å²) in [5.41, 5.74) is 4.89. The summed E-state index contributed by atoms with van der Waals surface area (Å²) in [6, 6.07) is 0. The first-order chi connectivity index (χ1) is 9.00. The normalized spacial score (nSPS) is 34.8. The summed E-state index contributed by atoms with van der Waals surface area (Å²) in [6.45, 7) is 3.28. The molecule has 5 nitrogen and oxygen atoms in total. The zero-order valence-corrected chi connectivity index (χ0v) is 11.8. The molecule has 1 aliphatic heterocycles. The van der Waals surface area contributed by atoms with Crippen molar-refractivity contribution in [2.24, 2.45) is 11.7 Å². The second-order valence-electron chi connectivity index (χ2n) is 6.34. The van der Waals surface area contributed by atoms with E-state index in [0.717, 1.165) is 25.7 Å². The standard InChI is InChI=1S/C14H26N2O3/c1-11-2-4-13(10-17,5-3-11)16-12(18)14(15)6-8-19-9-7-14/h11,17H,2-10,15H2,1H3,(H,16,18). The van der Waals surface area contributed by atoms with Crippen LogP contribution in [0.1, 0.15) is 45.4 Å². The summed E-state index contributed by atoms with van der Waals surface area (Å²) in [6.07, 6.45) is 4.86. The summed E-state index contributed by atoms with van der Waals surface area (Å²) in [5, 5.41) is 12.7. The fraction of sp³-hybridized carbons (Fsp3) is 0.929. The SMILES string of the molecule is CC1CCC(CO)(NC(=O)C2(N)CCOCC2)CC1. The molecule has 2 aliphatic rings. The molecule has 4 N–H and O–H groups in total. The molecular formula is C14H26N2O3. The highest BCUT2D eigenvalue weighted by atomic mass is 16.5. The molecule has 0 aromatic carbocycles. The number of amides is 1. The van der Waals surface area contributed by atoms with Gasteiger partial charge in [-0.2, -0.15) is 0 Å². The number of rotatable bonds is 3. The van der Waals surface area contributed by atoms with Crippen LogP contribution in [0.4, 0.5) is 0 Å². The lowest BCUT2D eigenvalue weighted by Crippen LogP contribution is -2.63. The molecule has 19 heavy (non-hydrogen) atoms. The van der Waals surface area contributed by atoms with E-state index in [-0.39, 0.29) is 12.5 Å². The molecule has 0 atom stereocenters. The third kappa shape index (κ3) is 3.27. The quantitative estimate of drug-likeness (QED) is 0.699. The Labute approximate surface area is 114 Å². The molecule has 1 heterocycles. The Morgan fingerprint density at radius 2 is 1.89 bits per heavy atom. The molecular weight excluding hydrogens is 244 g/mol. The van der Waals surface area contributed by atoms with Gasteiger partial charge in [-0.05, 0) is 44.4 Å². The molecule has 1 aliphatic carbocycles. The van der Waals surface area contributed by atoms with E-state index in [2.05, 4.69) is 12.2 Å². The minimum Gasteiger partial charge on any atom is -0.394 e. The Morgan fingerprint density at radius 1 is 1.32 bits per heavy atom. The lowest BCUT2D eigenvalue weighted by molar-refractivity contribution is -0.133. The molecule has 110 valence electrons. The molecule has 0 unspecified atom stereocenters. The molecule has 0 bridgehead atoms. The van der Waals surface area contributed by atoms with Crippen molar-refractivity contribution in [1.82, 2.24) is 5.32 Å². The van der Waals surface area contributed by atoms with E-state index in [1.165, 1.54) is 0 Å². The lowest BCUT2D eigenvalue weighted by atomic mass is 9.76. The molecule has 5 heteroatoms. The smallest absolute Gasteiger partial charge is 0.240 e. The van der Waals surface area contributed by atoms with Crippen LogP contribution in [0.3, 0.4) is 0 Å². The van der Waals surface area contributed by atoms with Crippen molar-refractivity contribution in [3.05, 3.63) is 0 Å². The van der Waals surface area contributed by atoms with Gasteiger partial charge in [-0.1, -0.05) is 6.92 Å². The zero-order valence-electron chi connectivity index (χ0n) is 11.8. The second-order valence-corrected chi connectivity index (χ2v) is 6.34. The van der Waals surface area contributed by atoms with E-state index in [9.17, 15) is 9.90 Å². The van der Waals surface area contributed by atoms with Gasteiger partial charge >= 0.3 is 0 Å². The average molecular weight is 270 g/mol. The summed E-state index contributed by atoms with van der Waals surface area (Å²) in [7, 11) is 0. The largest absolute Gasteiger partial charge is 0.394 e. The van der Waals surface area contributed by atoms with Crippen LogP contribution in [0, 0.1) is 5.92 Å². The maximum absolute atomic E-state index is 12.4. The van der Waals surface area contributed by atoms with E-state index in [1.54, 1.807) is 0 Å². The molecule has 0 aromatic rings. The average Bonchev–Trinajstić information content (AvgIpc) is 2.42. The van der Waals surface area contributed by atoms with Crippen molar-refractivity contribution in [2.75, 3.05) is 19.8 Å². The molecule has 0 spiro atoms. The van der Waals surface area contributed by atoms with Gasteiger partial charge in [0.1, 0.15) is 0 Å². The van der Waals surface area contributed by atoms with Gasteiger partial charge in [0.05, 0.1) is 17.7 Å². The number of carbonyl (C=O) groups excluding carboxylic acids is 1. The van der Waals surface area contributed by atoms with Crippen LogP contribution in [0.5, 0.6) is 0 Å². The minimum absolute atomic E-state index is 0.00194. The second kappa shape index (κ2) is 5.77. The predicted octanol–water partition coefficient (Wildman–Crippen LogP) is 0.552. The number of nitrogens with two attached hydrogens (primary N) is 1. The fourth-order valence-electron chi connectivity index (χ4n) is 2.97. The van der Waals surface area contributed by atoms with Crippen molar-refractivity contribution >= 4 is 5.91 Å².